The van der Waals surface area contributed by atoms with E-state index in [9.17, 15) is 5.11 Å². The predicted molar refractivity (Wildman–Crippen MR) is 75.8 cm³/mol. The van der Waals surface area contributed by atoms with E-state index in [1.54, 1.807) is 0 Å². The lowest BCUT2D eigenvalue weighted by atomic mass is 9.97. The van der Waals surface area contributed by atoms with Crippen LogP contribution >= 0.6 is 0 Å². The molecule has 0 aromatic heterocycles. The molecule has 1 fully saturated rings. The number of benzene rings is 1. The Morgan fingerprint density at radius 2 is 1.89 bits per heavy atom. The van der Waals surface area contributed by atoms with Crippen molar-refractivity contribution >= 4 is 0 Å². The first-order chi connectivity index (χ1) is 8.58. The van der Waals surface area contributed by atoms with E-state index in [-0.39, 0.29) is 6.04 Å². The number of aryl methyl sites for hydroxylation is 1. The molecule has 1 unspecified atom stereocenters. The van der Waals surface area contributed by atoms with E-state index >= 15 is 0 Å². The van der Waals surface area contributed by atoms with Gasteiger partial charge in [0.05, 0.1) is 0 Å². The first kappa shape index (κ1) is 13.4. The summed E-state index contributed by atoms with van der Waals surface area (Å²) in [5, 5.41) is 13.6. The van der Waals surface area contributed by atoms with Gasteiger partial charge >= 0.3 is 0 Å². The van der Waals surface area contributed by atoms with Crippen LogP contribution < -0.4 is 5.32 Å². The van der Waals surface area contributed by atoms with Crippen molar-refractivity contribution in [3.05, 3.63) is 29.3 Å². The summed E-state index contributed by atoms with van der Waals surface area (Å²) in [7, 11) is 0. The SMILES string of the molecule is Cc1ccc(C(C)N[C@H](C)C2CCCC2)c(O)c1. The second kappa shape index (κ2) is 5.75. The molecule has 18 heavy (non-hydrogen) atoms. The molecule has 1 aromatic rings. The van der Waals surface area contributed by atoms with Gasteiger partial charge in [-0.05, 0) is 51.2 Å². The zero-order valence-corrected chi connectivity index (χ0v) is 11.7. The summed E-state index contributed by atoms with van der Waals surface area (Å²) in [6.45, 7) is 6.41. The fourth-order valence-corrected chi connectivity index (χ4v) is 3.10. The average molecular weight is 247 g/mol. The quantitative estimate of drug-likeness (QED) is 0.845. The fraction of sp³-hybridized carbons (Fsp3) is 0.625. The second-order valence-corrected chi connectivity index (χ2v) is 5.78. The van der Waals surface area contributed by atoms with Gasteiger partial charge in [0, 0.05) is 17.6 Å². The molecule has 0 amide bonds. The summed E-state index contributed by atoms with van der Waals surface area (Å²) in [6, 6.07) is 6.68. The molecule has 1 aliphatic rings. The molecule has 2 heteroatoms. The highest BCUT2D eigenvalue weighted by Crippen LogP contribution is 2.30. The highest BCUT2D eigenvalue weighted by atomic mass is 16.3. The van der Waals surface area contributed by atoms with E-state index in [1.807, 2.05) is 19.1 Å². The molecule has 0 saturated heterocycles. The first-order valence-electron chi connectivity index (χ1n) is 7.13. The monoisotopic (exact) mass is 247 g/mol. The number of hydrogen-bond acceptors (Lipinski definition) is 2. The Morgan fingerprint density at radius 1 is 1.22 bits per heavy atom. The maximum atomic E-state index is 10.00. The molecule has 0 bridgehead atoms. The van der Waals surface area contributed by atoms with Crippen LogP contribution in [0, 0.1) is 12.8 Å². The van der Waals surface area contributed by atoms with Crippen LogP contribution in [0.4, 0.5) is 0 Å². The van der Waals surface area contributed by atoms with Gasteiger partial charge in [-0.2, -0.15) is 0 Å². The van der Waals surface area contributed by atoms with E-state index < -0.39 is 0 Å². The maximum absolute atomic E-state index is 10.00. The van der Waals surface area contributed by atoms with Crippen LogP contribution in [-0.2, 0) is 0 Å². The Bertz CT molecular complexity index is 396. The molecule has 1 aliphatic carbocycles. The van der Waals surface area contributed by atoms with Crippen LogP contribution in [0.3, 0.4) is 0 Å². The van der Waals surface area contributed by atoms with E-state index in [2.05, 4.69) is 25.2 Å². The lowest BCUT2D eigenvalue weighted by molar-refractivity contribution is 0.347. The van der Waals surface area contributed by atoms with Crippen molar-refractivity contribution in [2.75, 3.05) is 0 Å². The van der Waals surface area contributed by atoms with Gasteiger partial charge < -0.3 is 10.4 Å². The van der Waals surface area contributed by atoms with Crippen molar-refractivity contribution in [1.29, 1.82) is 0 Å². The summed E-state index contributed by atoms with van der Waals surface area (Å²) in [6.07, 6.45) is 5.45. The minimum Gasteiger partial charge on any atom is -0.508 e. The van der Waals surface area contributed by atoms with Gasteiger partial charge in [-0.25, -0.2) is 0 Å². The van der Waals surface area contributed by atoms with Gasteiger partial charge in [0.25, 0.3) is 0 Å². The van der Waals surface area contributed by atoms with Gasteiger partial charge in [-0.15, -0.1) is 0 Å². The normalized spacial score (nSPS) is 19.9. The smallest absolute Gasteiger partial charge is 0.120 e. The molecule has 1 saturated carbocycles. The Balaban J connectivity index is 2.00. The lowest BCUT2D eigenvalue weighted by Gasteiger charge is -2.25. The van der Waals surface area contributed by atoms with Crippen molar-refractivity contribution in [2.45, 2.75) is 58.5 Å². The Labute approximate surface area is 110 Å². The summed E-state index contributed by atoms with van der Waals surface area (Å²) in [4.78, 5) is 0. The van der Waals surface area contributed by atoms with Gasteiger partial charge in [0.2, 0.25) is 0 Å². The highest BCUT2D eigenvalue weighted by Gasteiger charge is 2.23. The standard InChI is InChI=1S/C16H25NO/c1-11-8-9-15(16(18)10-11)13(3)17-12(2)14-6-4-5-7-14/h8-10,12-14,17-18H,4-7H2,1-3H3/t12-,13?/m1/s1. The molecule has 100 valence electrons. The van der Waals surface area contributed by atoms with Crippen LogP contribution in [0.25, 0.3) is 0 Å². The van der Waals surface area contributed by atoms with E-state index in [0.717, 1.165) is 17.0 Å². The van der Waals surface area contributed by atoms with Crippen molar-refractivity contribution < 1.29 is 5.11 Å². The largest absolute Gasteiger partial charge is 0.508 e. The van der Waals surface area contributed by atoms with E-state index in [4.69, 9.17) is 0 Å². The zero-order valence-electron chi connectivity index (χ0n) is 11.7. The summed E-state index contributed by atoms with van der Waals surface area (Å²) in [5.74, 6) is 1.22. The number of phenols is 1. The van der Waals surface area contributed by atoms with Gasteiger partial charge in [-0.3, -0.25) is 0 Å². The zero-order chi connectivity index (χ0) is 13.1. The van der Waals surface area contributed by atoms with Crippen molar-refractivity contribution in [3.8, 4) is 5.75 Å². The second-order valence-electron chi connectivity index (χ2n) is 5.78. The molecule has 0 aliphatic heterocycles. The predicted octanol–water partition coefficient (Wildman–Crippen LogP) is 3.93. The first-order valence-corrected chi connectivity index (χ1v) is 7.13. The number of nitrogens with one attached hydrogen (secondary N) is 1. The van der Waals surface area contributed by atoms with Crippen molar-refractivity contribution in [3.63, 3.8) is 0 Å². The Kier molecular flexibility index (Phi) is 4.28. The summed E-state index contributed by atoms with van der Waals surface area (Å²) >= 11 is 0. The molecule has 2 nitrogen and oxygen atoms in total. The van der Waals surface area contributed by atoms with Crippen molar-refractivity contribution in [1.82, 2.24) is 5.32 Å². The molecule has 0 spiro atoms. The summed E-state index contributed by atoms with van der Waals surface area (Å²) < 4.78 is 0. The van der Waals surface area contributed by atoms with E-state index in [0.29, 0.717) is 11.8 Å². The number of hydrogen-bond donors (Lipinski definition) is 2. The third kappa shape index (κ3) is 3.05. The minimum atomic E-state index is 0.209. The van der Waals surface area contributed by atoms with Gasteiger partial charge in [0.15, 0.2) is 0 Å². The molecule has 2 rings (SSSR count). The van der Waals surface area contributed by atoms with Crippen LogP contribution in [0.15, 0.2) is 18.2 Å². The topological polar surface area (TPSA) is 32.3 Å². The number of phenolic OH excluding ortho intramolecular Hbond substituents is 1. The lowest BCUT2D eigenvalue weighted by Crippen LogP contribution is -2.34. The third-order valence-electron chi connectivity index (χ3n) is 4.27. The average Bonchev–Trinajstić information content (AvgIpc) is 2.81. The third-order valence-corrected chi connectivity index (χ3v) is 4.27. The van der Waals surface area contributed by atoms with E-state index in [1.165, 1.54) is 25.7 Å². The fourth-order valence-electron chi connectivity index (χ4n) is 3.10. The van der Waals surface area contributed by atoms with Gasteiger partial charge in [-0.1, -0.05) is 25.0 Å². The van der Waals surface area contributed by atoms with Crippen molar-refractivity contribution in [2.24, 2.45) is 5.92 Å². The molecule has 2 atom stereocenters. The highest BCUT2D eigenvalue weighted by molar-refractivity contribution is 5.37. The Hall–Kier alpha value is -1.02. The molecule has 0 radical (unpaired) electrons. The summed E-state index contributed by atoms with van der Waals surface area (Å²) in [5.41, 5.74) is 2.11. The van der Waals surface area contributed by atoms with Crippen LogP contribution in [-0.4, -0.2) is 11.1 Å². The van der Waals surface area contributed by atoms with Gasteiger partial charge in [0.1, 0.15) is 5.75 Å². The minimum absolute atomic E-state index is 0.209. The molecule has 1 aromatic carbocycles. The molecular weight excluding hydrogens is 222 g/mol. The van der Waals surface area contributed by atoms with Crippen LogP contribution in [0.1, 0.15) is 56.7 Å². The number of rotatable bonds is 4. The molecular formula is C16H25NO. The Morgan fingerprint density at radius 3 is 2.50 bits per heavy atom. The van der Waals surface area contributed by atoms with Crippen LogP contribution in [0.2, 0.25) is 0 Å². The maximum Gasteiger partial charge on any atom is 0.120 e. The van der Waals surface area contributed by atoms with Crippen LogP contribution in [0.5, 0.6) is 5.75 Å². The number of aromatic hydroxyl groups is 1. The molecule has 0 heterocycles. The molecule has 2 N–H and O–H groups in total.